The number of halogens is 1. The number of H-pyrrole nitrogens is 1. The molecule has 1 aliphatic rings. The zero-order valence-corrected chi connectivity index (χ0v) is 11.5. The Labute approximate surface area is 118 Å². The Morgan fingerprint density at radius 3 is 2.63 bits per heavy atom. The van der Waals surface area contributed by atoms with Crippen molar-refractivity contribution in [2.24, 2.45) is 0 Å². The summed E-state index contributed by atoms with van der Waals surface area (Å²) in [5, 5.41) is 0.838. The molecule has 0 bridgehead atoms. The molecule has 1 N–H and O–H groups in total. The van der Waals surface area contributed by atoms with Crippen LogP contribution < -0.4 is 4.90 Å². The van der Waals surface area contributed by atoms with Crippen molar-refractivity contribution in [2.75, 3.05) is 31.1 Å². The minimum atomic E-state index is 0.838. The molecule has 0 saturated carbocycles. The molecule has 1 fully saturated rings. The zero-order chi connectivity index (χ0) is 13.1. The number of para-hydroxylation sites is 1. The molecule has 5 heteroatoms. The fourth-order valence-corrected chi connectivity index (χ4v) is 2.72. The highest BCUT2D eigenvalue weighted by atomic mass is 35.5. The molecule has 0 aliphatic carbocycles. The number of nitrogens with one attached hydrogen (secondary N) is 1. The van der Waals surface area contributed by atoms with Crippen molar-refractivity contribution in [3.8, 4) is 0 Å². The molecule has 0 radical (unpaired) electrons. The lowest BCUT2D eigenvalue weighted by Gasteiger charge is -2.36. The van der Waals surface area contributed by atoms with Gasteiger partial charge in [0.25, 0.3) is 0 Å². The monoisotopic (exact) mass is 276 g/mol. The number of piperazine rings is 1. The first-order valence-electron chi connectivity index (χ1n) is 6.52. The molecule has 100 valence electrons. The predicted molar refractivity (Wildman–Crippen MR) is 77.5 cm³/mol. The van der Waals surface area contributed by atoms with Crippen molar-refractivity contribution < 1.29 is 0 Å². The number of nitrogens with zero attached hydrogens (tertiary/aromatic N) is 3. The summed E-state index contributed by atoms with van der Waals surface area (Å²) in [7, 11) is 0. The van der Waals surface area contributed by atoms with Gasteiger partial charge >= 0.3 is 0 Å². The van der Waals surface area contributed by atoms with Crippen LogP contribution in [0.4, 0.5) is 5.69 Å². The third-order valence-corrected chi connectivity index (χ3v) is 3.83. The van der Waals surface area contributed by atoms with E-state index < -0.39 is 0 Å². The summed E-state index contributed by atoms with van der Waals surface area (Å²) in [4.78, 5) is 12.0. The molecule has 0 spiro atoms. The molecule has 2 aromatic rings. The first kappa shape index (κ1) is 12.5. The normalized spacial score (nSPS) is 16.8. The van der Waals surface area contributed by atoms with Crippen LogP contribution in [0.1, 0.15) is 5.69 Å². The van der Waals surface area contributed by atoms with Crippen molar-refractivity contribution in [3.05, 3.63) is 47.5 Å². The Morgan fingerprint density at radius 1 is 1.16 bits per heavy atom. The average Bonchev–Trinajstić information content (AvgIpc) is 2.93. The second-order valence-corrected chi connectivity index (χ2v) is 5.20. The van der Waals surface area contributed by atoms with Gasteiger partial charge in [-0.1, -0.05) is 23.7 Å². The molecule has 1 saturated heterocycles. The van der Waals surface area contributed by atoms with E-state index in [1.165, 1.54) is 5.69 Å². The van der Waals surface area contributed by atoms with Gasteiger partial charge in [-0.2, -0.15) is 0 Å². The van der Waals surface area contributed by atoms with E-state index in [9.17, 15) is 0 Å². The van der Waals surface area contributed by atoms with Crippen LogP contribution in [0.3, 0.4) is 0 Å². The van der Waals surface area contributed by atoms with Crippen LogP contribution in [0, 0.1) is 0 Å². The van der Waals surface area contributed by atoms with Gasteiger partial charge in [-0.3, -0.25) is 4.90 Å². The highest BCUT2D eigenvalue weighted by Crippen LogP contribution is 2.26. The van der Waals surface area contributed by atoms with Gasteiger partial charge < -0.3 is 9.88 Å². The van der Waals surface area contributed by atoms with Crippen LogP contribution in [0.5, 0.6) is 0 Å². The number of aromatic amines is 1. The number of imidazole rings is 1. The Balaban J connectivity index is 1.59. The third-order valence-electron chi connectivity index (χ3n) is 3.51. The van der Waals surface area contributed by atoms with Gasteiger partial charge in [0.15, 0.2) is 0 Å². The van der Waals surface area contributed by atoms with Gasteiger partial charge in [-0.05, 0) is 12.1 Å². The lowest BCUT2D eigenvalue weighted by molar-refractivity contribution is 0.247. The molecular formula is C14H17ClN4. The number of anilines is 1. The largest absolute Gasteiger partial charge is 0.368 e. The molecule has 1 aromatic heterocycles. The number of benzene rings is 1. The summed E-state index contributed by atoms with van der Waals surface area (Å²) in [5.74, 6) is 0. The molecule has 19 heavy (non-hydrogen) atoms. The van der Waals surface area contributed by atoms with Crippen LogP contribution in [0.15, 0.2) is 36.8 Å². The second kappa shape index (κ2) is 5.63. The lowest BCUT2D eigenvalue weighted by Crippen LogP contribution is -2.46. The molecule has 2 heterocycles. The molecule has 4 nitrogen and oxygen atoms in total. The summed E-state index contributed by atoms with van der Waals surface area (Å²) in [5.41, 5.74) is 2.32. The molecule has 0 amide bonds. The average molecular weight is 277 g/mol. The van der Waals surface area contributed by atoms with E-state index >= 15 is 0 Å². The summed E-state index contributed by atoms with van der Waals surface area (Å²) < 4.78 is 0. The fraction of sp³-hybridized carbons (Fsp3) is 0.357. The van der Waals surface area contributed by atoms with Crippen LogP contribution in [-0.2, 0) is 6.54 Å². The Kier molecular flexibility index (Phi) is 3.71. The molecule has 3 rings (SSSR count). The maximum Gasteiger partial charge on any atom is 0.0922 e. The minimum Gasteiger partial charge on any atom is -0.368 e. The summed E-state index contributed by atoms with van der Waals surface area (Å²) in [6.07, 6.45) is 3.62. The number of rotatable bonds is 3. The molecule has 0 unspecified atom stereocenters. The molecule has 1 aliphatic heterocycles. The van der Waals surface area contributed by atoms with E-state index in [1.807, 2.05) is 24.4 Å². The van der Waals surface area contributed by atoms with E-state index in [0.29, 0.717) is 0 Å². The maximum absolute atomic E-state index is 6.24. The Morgan fingerprint density at radius 2 is 1.95 bits per heavy atom. The van der Waals surface area contributed by atoms with Crippen molar-refractivity contribution in [3.63, 3.8) is 0 Å². The highest BCUT2D eigenvalue weighted by molar-refractivity contribution is 6.33. The van der Waals surface area contributed by atoms with Gasteiger partial charge in [-0.15, -0.1) is 0 Å². The van der Waals surface area contributed by atoms with Crippen molar-refractivity contribution in [2.45, 2.75) is 6.54 Å². The first-order valence-corrected chi connectivity index (χ1v) is 6.90. The van der Waals surface area contributed by atoms with Crippen LogP contribution >= 0.6 is 11.6 Å². The fourth-order valence-electron chi connectivity index (χ4n) is 2.47. The van der Waals surface area contributed by atoms with E-state index in [0.717, 1.165) is 43.4 Å². The number of hydrogen-bond donors (Lipinski definition) is 1. The first-order chi connectivity index (χ1) is 9.33. The van der Waals surface area contributed by atoms with Crippen molar-refractivity contribution >= 4 is 17.3 Å². The van der Waals surface area contributed by atoms with Crippen LogP contribution in [0.25, 0.3) is 0 Å². The third kappa shape index (κ3) is 2.91. The SMILES string of the molecule is Clc1ccccc1N1CCN(Cc2cnc[nH]2)CC1. The summed E-state index contributed by atoms with van der Waals surface area (Å²) >= 11 is 6.24. The van der Waals surface area contributed by atoms with Gasteiger partial charge in [0.05, 0.1) is 17.0 Å². The smallest absolute Gasteiger partial charge is 0.0922 e. The zero-order valence-electron chi connectivity index (χ0n) is 10.7. The van der Waals surface area contributed by atoms with E-state index in [-0.39, 0.29) is 0 Å². The Hall–Kier alpha value is -1.52. The van der Waals surface area contributed by atoms with Gasteiger partial charge in [0.2, 0.25) is 0 Å². The van der Waals surface area contributed by atoms with E-state index in [4.69, 9.17) is 11.6 Å². The van der Waals surface area contributed by atoms with Gasteiger partial charge in [-0.25, -0.2) is 4.98 Å². The number of hydrogen-bond acceptors (Lipinski definition) is 3. The quantitative estimate of drug-likeness (QED) is 0.935. The van der Waals surface area contributed by atoms with Gasteiger partial charge in [0.1, 0.15) is 0 Å². The maximum atomic E-state index is 6.24. The lowest BCUT2D eigenvalue weighted by atomic mass is 10.2. The number of aromatic nitrogens is 2. The standard InChI is InChI=1S/C14H17ClN4/c15-13-3-1-2-4-14(13)19-7-5-18(6-8-19)10-12-9-16-11-17-12/h1-4,9,11H,5-8,10H2,(H,16,17). The Bertz CT molecular complexity index is 518. The van der Waals surface area contributed by atoms with E-state index in [1.54, 1.807) is 6.33 Å². The summed E-state index contributed by atoms with van der Waals surface area (Å²) in [6.45, 7) is 5.06. The molecule has 0 atom stereocenters. The summed E-state index contributed by atoms with van der Waals surface area (Å²) in [6, 6.07) is 8.05. The van der Waals surface area contributed by atoms with Crippen molar-refractivity contribution in [1.29, 1.82) is 0 Å². The molecule has 1 aromatic carbocycles. The second-order valence-electron chi connectivity index (χ2n) is 4.79. The van der Waals surface area contributed by atoms with E-state index in [2.05, 4.69) is 25.8 Å². The van der Waals surface area contributed by atoms with Crippen LogP contribution in [0.2, 0.25) is 5.02 Å². The molecular weight excluding hydrogens is 260 g/mol. The van der Waals surface area contributed by atoms with Crippen molar-refractivity contribution in [1.82, 2.24) is 14.9 Å². The highest BCUT2D eigenvalue weighted by Gasteiger charge is 2.18. The predicted octanol–water partition coefficient (Wildman–Crippen LogP) is 2.39. The topological polar surface area (TPSA) is 35.2 Å². The minimum absolute atomic E-state index is 0.838. The van der Waals surface area contributed by atoms with Gasteiger partial charge in [0, 0.05) is 44.6 Å². The van der Waals surface area contributed by atoms with Crippen LogP contribution in [-0.4, -0.2) is 41.0 Å².